The van der Waals surface area contributed by atoms with Crippen molar-refractivity contribution in [1.82, 2.24) is 0 Å². The number of carbonyl (C=O) groups excluding carboxylic acids is 3. The van der Waals surface area contributed by atoms with Gasteiger partial charge in [-0.1, -0.05) is 26.7 Å². The van der Waals surface area contributed by atoms with Gasteiger partial charge >= 0.3 is 21.7 Å². The third kappa shape index (κ3) is 51.6. The van der Waals surface area contributed by atoms with E-state index in [0.29, 0.717) is 13.2 Å². The summed E-state index contributed by atoms with van der Waals surface area (Å²) in [6.45, 7) is 15.8. The zero-order valence-corrected chi connectivity index (χ0v) is 17.8. The maximum absolute atomic E-state index is 10.1. The molecular weight excluding hydrogens is 396 g/mol. The van der Waals surface area contributed by atoms with E-state index < -0.39 is 24.2 Å². The summed E-state index contributed by atoms with van der Waals surface area (Å²) in [7, 11) is 1.57. The molecule has 10 heteroatoms. The van der Waals surface area contributed by atoms with E-state index in [1.165, 1.54) is 27.7 Å². The Balaban J connectivity index is -0.0000000794. The van der Waals surface area contributed by atoms with Gasteiger partial charge < -0.3 is 44.3 Å². The Bertz CT molecular complexity index is 378. The number of carboxylic acid groups (broad SMARTS) is 3. The summed E-state index contributed by atoms with van der Waals surface area (Å²) in [6.07, 6.45) is -0.926. The molecule has 0 aromatic heterocycles. The number of rotatable bonds is 7. The third-order valence-corrected chi connectivity index (χ3v) is 1.69. The van der Waals surface area contributed by atoms with Crippen molar-refractivity contribution in [3.05, 3.63) is 36.5 Å². The van der Waals surface area contributed by atoms with Crippen molar-refractivity contribution < 1.29 is 66.0 Å². The molecule has 0 aliphatic carbocycles. The first-order valence-electron chi connectivity index (χ1n) is 7.07. The van der Waals surface area contributed by atoms with E-state index in [1.54, 1.807) is 7.11 Å². The average molecular weight is 422 g/mol. The normalized spacial score (nSPS) is 9.11. The Morgan fingerprint density at radius 2 is 1.04 bits per heavy atom. The fraction of sp³-hybridized carbons (Fsp3) is 0.471. The molecular formula is C17H26O9Ti. The average Bonchev–Trinajstić information content (AvgIpc) is 2.48. The van der Waals surface area contributed by atoms with E-state index in [4.69, 9.17) is 0 Å². The van der Waals surface area contributed by atoms with Crippen molar-refractivity contribution in [3.63, 3.8) is 0 Å². The molecule has 0 aromatic rings. The second-order valence-corrected chi connectivity index (χ2v) is 4.63. The molecule has 0 radical (unpaired) electrons. The maximum Gasteiger partial charge on any atom is 4.00 e. The number of methoxy groups -OCH3 is 1. The Labute approximate surface area is 174 Å². The Hall–Kier alpha value is -1.78. The standard InChI is InChI=1S/C5H11O3.3C4H6O2.Ti/c1-5(6)8-4-3-7-2;3*1-3(2)4(5)6;/h5H,3-4H2,1-2H3;3*1H2,2H3,(H,5,6);/q-1;;;;+4/p-3. The molecule has 1 unspecified atom stereocenters. The van der Waals surface area contributed by atoms with E-state index >= 15 is 0 Å². The summed E-state index contributed by atoms with van der Waals surface area (Å²) >= 11 is 0. The van der Waals surface area contributed by atoms with Crippen molar-refractivity contribution in [1.29, 1.82) is 0 Å². The summed E-state index contributed by atoms with van der Waals surface area (Å²) in [6, 6.07) is 0. The van der Waals surface area contributed by atoms with E-state index in [2.05, 4.69) is 29.2 Å². The van der Waals surface area contributed by atoms with Crippen LogP contribution in [0, 0.1) is 0 Å². The maximum atomic E-state index is 10.1. The van der Waals surface area contributed by atoms with Gasteiger partial charge in [0.15, 0.2) is 0 Å². The molecule has 0 fully saturated rings. The van der Waals surface area contributed by atoms with Gasteiger partial charge in [0.2, 0.25) is 0 Å². The first-order valence-corrected chi connectivity index (χ1v) is 7.07. The van der Waals surface area contributed by atoms with Crippen LogP contribution in [0.2, 0.25) is 0 Å². The minimum Gasteiger partial charge on any atom is -0.831 e. The minimum absolute atomic E-state index is 0. The summed E-state index contributed by atoms with van der Waals surface area (Å²) in [5.74, 6) is -3.56. The van der Waals surface area contributed by atoms with Crippen molar-refractivity contribution in [2.45, 2.75) is 34.0 Å². The van der Waals surface area contributed by atoms with Crippen molar-refractivity contribution in [3.8, 4) is 0 Å². The number of carbonyl (C=O) groups is 3. The second-order valence-electron chi connectivity index (χ2n) is 4.63. The van der Waals surface area contributed by atoms with Gasteiger partial charge in [0.1, 0.15) is 0 Å². The van der Waals surface area contributed by atoms with Crippen LogP contribution in [0.1, 0.15) is 27.7 Å². The van der Waals surface area contributed by atoms with Crippen LogP contribution in [0.3, 0.4) is 0 Å². The fourth-order valence-electron chi connectivity index (χ4n) is 0.297. The molecule has 0 heterocycles. The van der Waals surface area contributed by atoms with Crippen LogP contribution in [0.5, 0.6) is 0 Å². The largest absolute Gasteiger partial charge is 4.00 e. The molecule has 27 heavy (non-hydrogen) atoms. The van der Waals surface area contributed by atoms with Crippen LogP contribution in [0.4, 0.5) is 0 Å². The number of hydrogen-bond acceptors (Lipinski definition) is 9. The van der Waals surface area contributed by atoms with Crippen molar-refractivity contribution >= 4 is 17.9 Å². The zero-order valence-electron chi connectivity index (χ0n) is 16.3. The van der Waals surface area contributed by atoms with E-state index in [-0.39, 0.29) is 38.4 Å². The summed E-state index contributed by atoms with van der Waals surface area (Å²) in [4.78, 5) is 28.5. The monoisotopic (exact) mass is 422 g/mol. The fourth-order valence-corrected chi connectivity index (χ4v) is 0.297. The molecule has 0 aliphatic heterocycles. The SMILES string of the molecule is C=C(C)C(=O)[O-].C=C(C)C(=O)[O-].C=C(C)C(=O)[O-].COCCOC(C)[O-].[Ti+4]. The van der Waals surface area contributed by atoms with E-state index in [9.17, 15) is 34.8 Å². The molecule has 0 bridgehead atoms. The number of hydrogen-bond donors (Lipinski definition) is 0. The van der Waals surface area contributed by atoms with Gasteiger partial charge in [0.05, 0.1) is 31.1 Å². The second kappa shape index (κ2) is 24.2. The number of carboxylic acids is 3. The molecule has 0 aliphatic rings. The Kier molecular flexibility index (Phi) is 32.5. The van der Waals surface area contributed by atoms with Crippen LogP contribution in [-0.4, -0.2) is 44.5 Å². The Morgan fingerprint density at radius 3 is 1.15 bits per heavy atom. The summed E-state index contributed by atoms with van der Waals surface area (Å²) in [5.41, 5.74) is 0.194. The quantitative estimate of drug-likeness (QED) is 0.184. The predicted octanol–water partition coefficient (Wildman–Crippen LogP) is -2.71. The molecule has 0 saturated carbocycles. The van der Waals surface area contributed by atoms with Gasteiger partial charge in [-0.2, -0.15) is 0 Å². The third-order valence-electron chi connectivity index (χ3n) is 1.69. The predicted molar refractivity (Wildman–Crippen MR) is 86.8 cm³/mol. The molecule has 0 amide bonds. The van der Waals surface area contributed by atoms with Crippen LogP contribution >= 0.6 is 0 Å². The van der Waals surface area contributed by atoms with E-state index in [1.807, 2.05) is 0 Å². The molecule has 0 saturated heterocycles. The van der Waals surface area contributed by atoms with Gasteiger partial charge in [0, 0.05) is 7.11 Å². The summed E-state index contributed by atoms with van der Waals surface area (Å²) in [5, 5.41) is 38.6. The topological polar surface area (TPSA) is 162 Å². The zero-order chi connectivity index (χ0) is 21.9. The molecule has 0 spiro atoms. The molecule has 0 aromatic carbocycles. The van der Waals surface area contributed by atoms with Crippen LogP contribution in [0.15, 0.2) is 36.5 Å². The molecule has 1 atom stereocenters. The first kappa shape index (κ1) is 36.2. The van der Waals surface area contributed by atoms with Gasteiger partial charge in [-0.25, -0.2) is 0 Å². The van der Waals surface area contributed by atoms with Gasteiger partial charge in [-0.15, -0.1) is 0 Å². The van der Waals surface area contributed by atoms with Gasteiger partial charge in [0.25, 0.3) is 0 Å². The Morgan fingerprint density at radius 1 is 0.815 bits per heavy atom. The molecule has 0 N–H and O–H groups in total. The van der Waals surface area contributed by atoms with Crippen LogP contribution in [-0.2, 0) is 45.6 Å². The van der Waals surface area contributed by atoms with Gasteiger partial charge in [-0.3, -0.25) is 0 Å². The van der Waals surface area contributed by atoms with Crippen LogP contribution < -0.4 is 20.4 Å². The molecule has 152 valence electrons. The van der Waals surface area contributed by atoms with Crippen molar-refractivity contribution in [2.75, 3.05) is 20.3 Å². The smallest absolute Gasteiger partial charge is 0.831 e. The minimum atomic E-state index is -1.19. The molecule has 9 nitrogen and oxygen atoms in total. The van der Waals surface area contributed by atoms with Crippen LogP contribution in [0.25, 0.3) is 0 Å². The first-order chi connectivity index (χ1) is 11.7. The number of ether oxygens (including phenoxy) is 2. The molecule has 0 rings (SSSR count). The van der Waals surface area contributed by atoms with Gasteiger partial charge in [-0.05, 0) is 43.8 Å². The number of aliphatic carboxylic acids is 3. The van der Waals surface area contributed by atoms with Crippen molar-refractivity contribution in [2.24, 2.45) is 0 Å². The van der Waals surface area contributed by atoms with E-state index in [0.717, 1.165) is 0 Å². The summed E-state index contributed by atoms with van der Waals surface area (Å²) < 4.78 is 9.23.